The molecule has 0 N–H and O–H groups in total. The van der Waals surface area contributed by atoms with Crippen molar-refractivity contribution in [3.05, 3.63) is 178 Å². The summed E-state index contributed by atoms with van der Waals surface area (Å²) in [5, 5.41) is 6.34. The zero-order valence-electron chi connectivity index (χ0n) is 22.0. The number of fused-ring (bicyclic) bond motifs is 2. The van der Waals surface area contributed by atoms with Crippen LogP contribution in [0, 0.1) is 0 Å². The van der Waals surface area contributed by atoms with E-state index in [0.29, 0.717) is 0 Å². The number of rotatable bonds is 2. The molecule has 40 heavy (non-hydrogen) atoms. The molecule has 6 aromatic rings. The van der Waals surface area contributed by atoms with Crippen molar-refractivity contribution in [1.29, 1.82) is 0 Å². The minimum atomic E-state index is -0.862. The molecule has 0 radical (unpaired) electrons. The molecule has 0 saturated carbocycles. The van der Waals surface area contributed by atoms with Gasteiger partial charge in [0.25, 0.3) is 0 Å². The predicted molar refractivity (Wildman–Crippen MR) is 172 cm³/mol. The summed E-state index contributed by atoms with van der Waals surface area (Å²) in [4.78, 5) is 0. The highest BCUT2D eigenvalue weighted by atomic mass is 31.1. The third kappa shape index (κ3) is 2.65. The van der Waals surface area contributed by atoms with Gasteiger partial charge in [-0.3, -0.25) is 0 Å². The Morgan fingerprint density at radius 3 is 1.68 bits per heavy atom. The van der Waals surface area contributed by atoms with Crippen molar-refractivity contribution in [2.45, 2.75) is 11.1 Å². The van der Waals surface area contributed by atoms with E-state index >= 15 is 0 Å². The summed E-state index contributed by atoms with van der Waals surface area (Å²) in [6.07, 6.45) is 7.66. The van der Waals surface area contributed by atoms with Crippen molar-refractivity contribution in [3.63, 3.8) is 0 Å². The molecule has 0 nitrogen and oxygen atoms in total. The van der Waals surface area contributed by atoms with E-state index in [4.69, 9.17) is 6.30 Å². The van der Waals surface area contributed by atoms with Crippen LogP contribution >= 0.6 is 7.55 Å². The first-order chi connectivity index (χ1) is 19.8. The minimum absolute atomic E-state index is 0.196. The van der Waals surface area contributed by atoms with Crippen molar-refractivity contribution in [2.75, 3.05) is 0 Å². The molecule has 0 saturated heterocycles. The van der Waals surface area contributed by atoms with Gasteiger partial charge in [0.05, 0.1) is 6.30 Å². The van der Waals surface area contributed by atoms with E-state index < -0.39 is 7.55 Å². The Morgan fingerprint density at radius 2 is 1.02 bits per heavy atom. The summed E-state index contributed by atoms with van der Waals surface area (Å²) in [6, 6.07) is 49.6. The molecule has 3 aliphatic carbocycles. The van der Waals surface area contributed by atoms with Gasteiger partial charge in [-0.25, -0.2) is 0 Å². The van der Waals surface area contributed by atoms with E-state index in [1.54, 1.807) is 0 Å². The average molecular weight is 526 g/mol. The largest absolute Gasteiger partial charge is 0.207 e. The van der Waals surface area contributed by atoms with Crippen LogP contribution in [0.15, 0.2) is 145 Å². The lowest BCUT2D eigenvalue weighted by Gasteiger charge is -2.45. The summed E-state index contributed by atoms with van der Waals surface area (Å²) in [5.74, 6) is 0.196. The topological polar surface area (TPSA) is 0 Å². The fourth-order valence-electron chi connectivity index (χ4n) is 7.87. The maximum Gasteiger partial charge on any atom is 0.207 e. The molecule has 1 spiro atoms. The number of benzene rings is 6. The van der Waals surface area contributed by atoms with Crippen LogP contribution in [0.2, 0.25) is 0 Å². The van der Waals surface area contributed by atoms with Crippen LogP contribution in [0.5, 0.6) is 0 Å². The smallest absolute Gasteiger partial charge is 0.0619 e. The summed E-state index contributed by atoms with van der Waals surface area (Å²) in [6.45, 7) is 0. The Morgan fingerprint density at radius 1 is 0.525 bits per heavy atom. The van der Waals surface area contributed by atoms with Gasteiger partial charge >= 0.3 is 0 Å². The maximum atomic E-state index is 5.10. The highest BCUT2D eigenvalue weighted by molar-refractivity contribution is 7.68. The van der Waals surface area contributed by atoms with Gasteiger partial charge in [-0.1, -0.05) is 127 Å². The molecule has 1 unspecified atom stereocenters. The van der Waals surface area contributed by atoms with Gasteiger partial charge in [-0.15, -0.1) is 0 Å². The second kappa shape index (κ2) is 8.01. The van der Waals surface area contributed by atoms with Crippen LogP contribution in [0.3, 0.4) is 0 Å². The molecule has 0 amide bonds. The van der Waals surface area contributed by atoms with Crippen LogP contribution in [-0.2, 0) is 5.16 Å². The standard InChI is InChI=1S/C39H26P/c1-40-36(29-20-10-14-25-12-2-4-16-27(25)29)24-35-38(30-21-11-15-26-13-3-5-17-28(26)30)37-31-18-6-8-22-33(31)39(35,40)34-23-9-7-19-32(34)37/h2-24,37H,1H2/q+1. The summed E-state index contributed by atoms with van der Waals surface area (Å²) in [5.41, 5.74) is 11.4. The van der Waals surface area contributed by atoms with E-state index in [0.717, 1.165) is 0 Å². The molecule has 1 aliphatic heterocycles. The summed E-state index contributed by atoms with van der Waals surface area (Å²) >= 11 is 0. The van der Waals surface area contributed by atoms with Gasteiger partial charge in [0, 0.05) is 28.2 Å². The van der Waals surface area contributed by atoms with E-state index in [9.17, 15) is 0 Å². The van der Waals surface area contributed by atoms with Crippen LogP contribution in [0.25, 0.3) is 32.4 Å². The van der Waals surface area contributed by atoms with Gasteiger partial charge in [-0.2, -0.15) is 0 Å². The normalized spacial score (nSPS) is 21.4. The third-order valence-corrected chi connectivity index (χ3v) is 11.9. The fraction of sp³-hybridized carbons (Fsp3) is 0.0513. The lowest BCUT2D eigenvalue weighted by atomic mass is 9.59. The van der Waals surface area contributed by atoms with Gasteiger partial charge < -0.3 is 0 Å². The van der Waals surface area contributed by atoms with Crippen LogP contribution in [0.1, 0.15) is 39.3 Å². The number of hydrogen-bond acceptors (Lipinski definition) is 0. The third-order valence-electron chi connectivity index (χ3n) is 9.41. The Bertz CT molecular complexity index is 2080. The lowest BCUT2D eigenvalue weighted by Crippen LogP contribution is -2.38. The monoisotopic (exact) mass is 525 g/mol. The van der Waals surface area contributed by atoms with Gasteiger partial charge in [-0.05, 0) is 56.0 Å². The molecule has 2 bridgehead atoms. The van der Waals surface area contributed by atoms with E-state index in [1.165, 1.54) is 71.4 Å². The molecule has 186 valence electrons. The van der Waals surface area contributed by atoms with Crippen molar-refractivity contribution in [1.82, 2.24) is 0 Å². The molecule has 10 rings (SSSR count). The molecule has 4 aliphatic rings. The fourth-order valence-corrected chi connectivity index (χ4v) is 10.5. The molecule has 6 aromatic carbocycles. The first kappa shape index (κ1) is 22.3. The lowest BCUT2D eigenvalue weighted by molar-refractivity contribution is 0.756. The Labute approximate surface area is 235 Å². The van der Waals surface area contributed by atoms with Crippen molar-refractivity contribution < 1.29 is 0 Å². The van der Waals surface area contributed by atoms with Gasteiger partial charge in [0.15, 0.2) is 5.31 Å². The van der Waals surface area contributed by atoms with Crippen molar-refractivity contribution in [3.8, 4) is 0 Å². The van der Waals surface area contributed by atoms with Crippen molar-refractivity contribution in [2.24, 2.45) is 0 Å². The molecular weight excluding hydrogens is 499 g/mol. The number of hydrogen-bond donors (Lipinski definition) is 0. The van der Waals surface area contributed by atoms with Gasteiger partial charge in [0.1, 0.15) is 7.55 Å². The molecule has 1 atom stereocenters. The molecule has 0 fully saturated rings. The van der Waals surface area contributed by atoms with Crippen LogP contribution in [0.4, 0.5) is 0 Å². The number of allylic oxidation sites excluding steroid dienone is 3. The predicted octanol–water partition coefficient (Wildman–Crippen LogP) is 10.1. The van der Waals surface area contributed by atoms with Gasteiger partial charge in [0.2, 0.25) is 5.16 Å². The second-order valence-electron chi connectivity index (χ2n) is 11.2. The van der Waals surface area contributed by atoms with Crippen LogP contribution < -0.4 is 0 Å². The molecular formula is C39H26P+. The quantitative estimate of drug-likeness (QED) is 0.197. The Balaban J connectivity index is 1.46. The van der Waals surface area contributed by atoms with E-state index in [2.05, 4.69) is 140 Å². The first-order valence-corrected chi connectivity index (χ1v) is 15.5. The molecule has 1 heteroatoms. The van der Waals surface area contributed by atoms with Crippen molar-refractivity contribution >= 4 is 46.3 Å². The van der Waals surface area contributed by atoms with E-state index in [-0.39, 0.29) is 11.1 Å². The maximum absolute atomic E-state index is 5.10. The Hall–Kier alpha value is -4.51. The van der Waals surface area contributed by atoms with E-state index in [1.807, 2.05) is 0 Å². The Kier molecular flexibility index (Phi) is 4.47. The van der Waals surface area contributed by atoms with Crippen LogP contribution in [-0.4, -0.2) is 6.30 Å². The summed E-state index contributed by atoms with van der Waals surface area (Å²) < 4.78 is 0. The second-order valence-corrected chi connectivity index (χ2v) is 13.2. The first-order valence-electron chi connectivity index (χ1n) is 14.0. The molecule has 0 aromatic heterocycles. The highest BCUT2D eigenvalue weighted by Crippen LogP contribution is 2.76. The SMILES string of the molecule is C=[P+]1C(c2cccc3ccccc23)=CC2=C(c3cccc4ccccc34)C3c4ccccc4C21c1ccccc13. The average Bonchev–Trinajstić information content (AvgIpc) is 3.34. The minimum Gasteiger partial charge on any atom is -0.0619 e. The zero-order valence-corrected chi connectivity index (χ0v) is 22.9. The molecule has 1 heterocycles. The summed E-state index contributed by atoms with van der Waals surface area (Å²) in [7, 11) is -0.862. The zero-order chi connectivity index (χ0) is 26.4. The highest BCUT2D eigenvalue weighted by Gasteiger charge is 2.64.